The Labute approximate surface area is 172 Å². The van der Waals surface area contributed by atoms with Crippen LogP contribution >= 0.6 is 0 Å². The summed E-state index contributed by atoms with van der Waals surface area (Å²) in [4.78, 5) is 28.1. The first-order valence-corrected chi connectivity index (χ1v) is 10.4. The molecule has 2 aliphatic rings. The van der Waals surface area contributed by atoms with E-state index in [1.165, 1.54) is 18.4 Å². The topological polar surface area (TPSA) is 61.8 Å². The number of anilines is 2. The molecule has 154 valence electrons. The van der Waals surface area contributed by atoms with Crippen LogP contribution in [0.5, 0.6) is 5.75 Å². The highest BCUT2D eigenvalue weighted by atomic mass is 16.5. The number of piperazine rings is 1. The predicted molar refractivity (Wildman–Crippen MR) is 114 cm³/mol. The molecule has 2 fully saturated rings. The molecule has 3 heterocycles. The zero-order valence-corrected chi connectivity index (χ0v) is 17.3. The van der Waals surface area contributed by atoms with Crippen LogP contribution < -0.4 is 14.5 Å². The maximum absolute atomic E-state index is 12.9. The maximum atomic E-state index is 12.9. The maximum Gasteiger partial charge on any atom is 0.272 e. The molecule has 2 aliphatic heterocycles. The van der Waals surface area contributed by atoms with Gasteiger partial charge in [0.05, 0.1) is 7.11 Å². The second kappa shape index (κ2) is 8.68. The Morgan fingerprint density at radius 1 is 1.03 bits per heavy atom. The number of hydrogen-bond donors (Lipinski definition) is 0. The Balaban J connectivity index is 1.39. The first-order chi connectivity index (χ1) is 14.1. The van der Waals surface area contributed by atoms with E-state index < -0.39 is 0 Å². The van der Waals surface area contributed by atoms with Crippen molar-refractivity contribution in [2.24, 2.45) is 5.92 Å². The van der Waals surface area contributed by atoms with Crippen LogP contribution in [0.4, 0.5) is 11.5 Å². The van der Waals surface area contributed by atoms with Crippen LogP contribution in [-0.4, -0.2) is 67.2 Å². The lowest BCUT2D eigenvalue weighted by atomic mass is 10.00. The number of benzene rings is 1. The summed E-state index contributed by atoms with van der Waals surface area (Å²) in [6.07, 6.45) is 3.78. The number of hydrogen-bond acceptors (Lipinski definition) is 6. The number of rotatable bonds is 4. The molecule has 2 aromatic rings. The summed E-state index contributed by atoms with van der Waals surface area (Å²) < 4.78 is 5.24. The second-order valence-electron chi connectivity index (χ2n) is 7.93. The minimum absolute atomic E-state index is 0.0251. The van der Waals surface area contributed by atoms with Gasteiger partial charge < -0.3 is 19.4 Å². The average molecular weight is 396 g/mol. The molecule has 2 saturated heterocycles. The molecule has 7 heteroatoms. The standard InChI is InChI=1S/C22H29N5O2/c1-17-4-3-9-27(15-17)22(28)20-14-21(24-16-23-20)26-12-10-25(11-13-26)18-5-7-19(29-2)8-6-18/h5-8,14,16-17H,3-4,9-13,15H2,1-2H3. The lowest BCUT2D eigenvalue weighted by Crippen LogP contribution is -2.47. The van der Waals surface area contributed by atoms with E-state index in [4.69, 9.17) is 4.74 Å². The van der Waals surface area contributed by atoms with Crippen molar-refractivity contribution < 1.29 is 9.53 Å². The summed E-state index contributed by atoms with van der Waals surface area (Å²) in [6.45, 7) is 7.37. The van der Waals surface area contributed by atoms with Crippen LogP contribution in [0.3, 0.4) is 0 Å². The molecule has 1 aromatic carbocycles. The quantitative estimate of drug-likeness (QED) is 0.793. The number of likely N-dealkylation sites (tertiary alicyclic amines) is 1. The Morgan fingerprint density at radius 2 is 1.76 bits per heavy atom. The monoisotopic (exact) mass is 395 g/mol. The summed E-state index contributed by atoms with van der Waals surface area (Å²) >= 11 is 0. The minimum atomic E-state index is 0.0251. The first kappa shape index (κ1) is 19.5. The number of amides is 1. The van der Waals surface area contributed by atoms with Gasteiger partial charge in [-0.3, -0.25) is 4.79 Å². The normalized spacial score (nSPS) is 19.9. The molecule has 0 radical (unpaired) electrons. The van der Waals surface area contributed by atoms with E-state index in [9.17, 15) is 4.79 Å². The zero-order valence-electron chi connectivity index (χ0n) is 17.3. The molecule has 1 aromatic heterocycles. The van der Waals surface area contributed by atoms with Gasteiger partial charge in [0.2, 0.25) is 0 Å². The third-order valence-electron chi connectivity index (χ3n) is 5.86. The van der Waals surface area contributed by atoms with Crippen LogP contribution in [0.15, 0.2) is 36.7 Å². The summed E-state index contributed by atoms with van der Waals surface area (Å²) in [5.41, 5.74) is 1.70. The van der Waals surface area contributed by atoms with E-state index in [-0.39, 0.29) is 5.91 Å². The summed E-state index contributed by atoms with van der Waals surface area (Å²) in [7, 11) is 1.68. The number of ether oxygens (including phenoxy) is 1. The lowest BCUT2D eigenvalue weighted by molar-refractivity contribution is 0.0677. The summed E-state index contributed by atoms with van der Waals surface area (Å²) in [5, 5.41) is 0. The molecule has 0 N–H and O–H groups in total. The van der Waals surface area contributed by atoms with Crippen molar-refractivity contribution in [1.29, 1.82) is 0 Å². The molecule has 0 spiro atoms. The van der Waals surface area contributed by atoms with Gasteiger partial charge in [-0.15, -0.1) is 0 Å². The van der Waals surface area contributed by atoms with Gasteiger partial charge in [0.1, 0.15) is 23.6 Å². The number of nitrogens with zero attached hydrogens (tertiary/aromatic N) is 5. The highest BCUT2D eigenvalue weighted by Gasteiger charge is 2.24. The number of carbonyl (C=O) groups excluding carboxylic acids is 1. The summed E-state index contributed by atoms with van der Waals surface area (Å²) in [6, 6.07) is 10.0. The van der Waals surface area contributed by atoms with E-state index in [1.54, 1.807) is 7.11 Å². The van der Waals surface area contributed by atoms with Crippen LogP contribution in [0, 0.1) is 5.92 Å². The van der Waals surface area contributed by atoms with Crippen LogP contribution in [-0.2, 0) is 0 Å². The second-order valence-corrected chi connectivity index (χ2v) is 7.93. The Hall–Kier alpha value is -2.83. The molecule has 0 bridgehead atoms. The minimum Gasteiger partial charge on any atom is -0.497 e. The van der Waals surface area contributed by atoms with Crippen LogP contribution in [0.2, 0.25) is 0 Å². The Kier molecular flexibility index (Phi) is 5.83. The SMILES string of the molecule is COc1ccc(N2CCN(c3cc(C(=O)N4CCCC(C)C4)ncn3)CC2)cc1. The average Bonchev–Trinajstić information content (AvgIpc) is 2.79. The molecule has 1 unspecified atom stereocenters. The molecular weight excluding hydrogens is 366 g/mol. The first-order valence-electron chi connectivity index (χ1n) is 10.4. The van der Waals surface area contributed by atoms with Crippen molar-refractivity contribution in [2.75, 3.05) is 56.2 Å². The van der Waals surface area contributed by atoms with Gasteiger partial charge in [0.25, 0.3) is 5.91 Å². The van der Waals surface area contributed by atoms with E-state index in [0.29, 0.717) is 11.6 Å². The highest BCUT2D eigenvalue weighted by molar-refractivity contribution is 5.93. The van der Waals surface area contributed by atoms with Gasteiger partial charge in [-0.1, -0.05) is 6.92 Å². The molecule has 0 saturated carbocycles. The van der Waals surface area contributed by atoms with Crippen molar-refractivity contribution in [3.05, 3.63) is 42.4 Å². The van der Waals surface area contributed by atoms with Crippen molar-refractivity contribution in [1.82, 2.24) is 14.9 Å². The fourth-order valence-electron chi connectivity index (χ4n) is 4.16. The molecular formula is C22H29N5O2. The van der Waals surface area contributed by atoms with Gasteiger partial charge in [-0.25, -0.2) is 9.97 Å². The third kappa shape index (κ3) is 4.44. The van der Waals surface area contributed by atoms with Crippen molar-refractivity contribution in [3.8, 4) is 5.75 Å². The van der Waals surface area contributed by atoms with Gasteiger partial charge in [0, 0.05) is 51.0 Å². The molecule has 29 heavy (non-hydrogen) atoms. The van der Waals surface area contributed by atoms with E-state index in [0.717, 1.165) is 57.3 Å². The van der Waals surface area contributed by atoms with Crippen LogP contribution in [0.1, 0.15) is 30.3 Å². The number of carbonyl (C=O) groups is 1. The molecule has 4 rings (SSSR count). The molecule has 1 atom stereocenters. The summed E-state index contributed by atoms with van der Waals surface area (Å²) in [5.74, 6) is 2.29. The molecule has 1 amide bonds. The van der Waals surface area contributed by atoms with E-state index in [2.05, 4.69) is 38.8 Å². The Morgan fingerprint density at radius 3 is 2.45 bits per heavy atom. The van der Waals surface area contributed by atoms with Crippen molar-refractivity contribution >= 4 is 17.4 Å². The van der Waals surface area contributed by atoms with E-state index in [1.807, 2.05) is 23.1 Å². The predicted octanol–water partition coefficient (Wildman–Crippen LogP) is 2.68. The van der Waals surface area contributed by atoms with Gasteiger partial charge in [-0.05, 0) is 43.0 Å². The van der Waals surface area contributed by atoms with Gasteiger partial charge >= 0.3 is 0 Å². The van der Waals surface area contributed by atoms with Gasteiger partial charge in [0.15, 0.2) is 0 Å². The van der Waals surface area contributed by atoms with E-state index >= 15 is 0 Å². The van der Waals surface area contributed by atoms with Gasteiger partial charge in [-0.2, -0.15) is 0 Å². The largest absolute Gasteiger partial charge is 0.497 e. The number of piperidine rings is 1. The Bertz CT molecular complexity index is 833. The zero-order chi connectivity index (χ0) is 20.2. The number of methoxy groups -OCH3 is 1. The van der Waals surface area contributed by atoms with Crippen molar-refractivity contribution in [3.63, 3.8) is 0 Å². The highest BCUT2D eigenvalue weighted by Crippen LogP contribution is 2.23. The van der Waals surface area contributed by atoms with Crippen molar-refractivity contribution in [2.45, 2.75) is 19.8 Å². The third-order valence-corrected chi connectivity index (χ3v) is 5.86. The van der Waals surface area contributed by atoms with Crippen LogP contribution in [0.25, 0.3) is 0 Å². The number of aromatic nitrogens is 2. The fourth-order valence-corrected chi connectivity index (χ4v) is 4.16. The molecule has 7 nitrogen and oxygen atoms in total. The smallest absolute Gasteiger partial charge is 0.272 e. The molecule has 0 aliphatic carbocycles. The lowest BCUT2D eigenvalue weighted by Gasteiger charge is -2.37. The fraction of sp³-hybridized carbons (Fsp3) is 0.500.